The molecule has 0 aliphatic carbocycles. The first-order valence-electron chi connectivity index (χ1n) is 9.14. The van der Waals surface area contributed by atoms with Crippen LogP contribution in [0.2, 0.25) is 0 Å². The Morgan fingerprint density at radius 3 is 2.22 bits per heavy atom. The zero-order chi connectivity index (χ0) is 20.1. The monoisotopic (exact) mass is 370 g/mol. The zero-order valence-corrected chi connectivity index (χ0v) is 16.5. The SMILES string of the molecule is C=C/C(OC)=C(\C=C/C)C(=O)Nc1ccc(C=O)cc1.CN1CCCCC1. The molecule has 0 unspecified atom stereocenters. The molecule has 1 saturated heterocycles. The molecule has 0 radical (unpaired) electrons. The van der Waals surface area contributed by atoms with Crippen molar-refractivity contribution in [2.75, 3.05) is 32.6 Å². The molecule has 0 saturated carbocycles. The Hall–Kier alpha value is -2.66. The van der Waals surface area contributed by atoms with E-state index in [9.17, 15) is 9.59 Å². The normalized spacial score (nSPS) is 15.2. The molecule has 5 nitrogen and oxygen atoms in total. The largest absolute Gasteiger partial charge is 0.496 e. The van der Waals surface area contributed by atoms with Crippen molar-refractivity contribution in [2.45, 2.75) is 26.2 Å². The van der Waals surface area contributed by atoms with Crippen LogP contribution in [0.4, 0.5) is 5.69 Å². The number of methoxy groups -OCH3 is 1. The average Bonchev–Trinajstić information content (AvgIpc) is 2.70. The molecule has 1 N–H and O–H groups in total. The number of carbonyl (C=O) groups excluding carboxylic acids is 2. The predicted molar refractivity (Wildman–Crippen MR) is 111 cm³/mol. The van der Waals surface area contributed by atoms with Gasteiger partial charge in [-0.15, -0.1) is 0 Å². The van der Waals surface area contributed by atoms with Gasteiger partial charge in [-0.2, -0.15) is 0 Å². The molecule has 1 aromatic rings. The number of allylic oxidation sites excluding steroid dienone is 2. The van der Waals surface area contributed by atoms with E-state index in [0.29, 0.717) is 22.6 Å². The molecule has 2 rings (SSSR count). The lowest BCUT2D eigenvalue weighted by Gasteiger charge is -2.20. The van der Waals surface area contributed by atoms with Crippen LogP contribution in [0.25, 0.3) is 0 Å². The summed E-state index contributed by atoms with van der Waals surface area (Å²) in [4.78, 5) is 25.2. The predicted octanol–water partition coefficient (Wildman–Crippen LogP) is 4.20. The van der Waals surface area contributed by atoms with Gasteiger partial charge >= 0.3 is 0 Å². The Morgan fingerprint density at radius 1 is 1.19 bits per heavy atom. The van der Waals surface area contributed by atoms with Crippen LogP contribution in [0.1, 0.15) is 36.5 Å². The molecule has 1 aliphatic rings. The lowest BCUT2D eigenvalue weighted by atomic mass is 10.1. The number of hydrogen-bond acceptors (Lipinski definition) is 4. The molecule has 1 amide bonds. The third-order valence-corrected chi connectivity index (χ3v) is 4.13. The molecule has 1 aliphatic heterocycles. The van der Waals surface area contributed by atoms with Crippen LogP contribution in [-0.4, -0.2) is 44.3 Å². The van der Waals surface area contributed by atoms with Crippen molar-refractivity contribution < 1.29 is 14.3 Å². The standard InChI is InChI=1S/C16H17NO3.C6H13N/c1-4-6-14(15(5-2)20-3)16(19)17-13-9-7-12(11-18)8-10-13;1-7-5-3-2-4-6-7/h4-11H,2H2,1,3H3,(H,17,19);2-6H2,1H3/b6-4-,15-14-;. The zero-order valence-electron chi connectivity index (χ0n) is 16.5. The number of hydrogen-bond donors (Lipinski definition) is 1. The number of likely N-dealkylation sites (tertiary alicyclic amines) is 1. The fourth-order valence-electron chi connectivity index (χ4n) is 2.64. The van der Waals surface area contributed by atoms with Crippen molar-refractivity contribution in [3.8, 4) is 0 Å². The molecule has 27 heavy (non-hydrogen) atoms. The van der Waals surface area contributed by atoms with E-state index in [1.54, 1.807) is 36.4 Å². The van der Waals surface area contributed by atoms with Crippen molar-refractivity contribution in [2.24, 2.45) is 0 Å². The molecule has 0 bridgehead atoms. The van der Waals surface area contributed by atoms with E-state index >= 15 is 0 Å². The molecule has 0 aromatic heterocycles. The number of nitrogens with one attached hydrogen (secondary N) is 1. The maximum atomic E-state index is 12.2. The van der Waals surface area contributed by atoms with Crippen LogP contribution >= 0.6 is 0 Å². The summed E-state index contributed by atoms with van der Waals surface area (Å²) >= 11 is 0. The van der Waals surface area contributed by atoms with Crippen LogP contribution in [0, 0.1) is 0 Å². The molecule has 1 aromatic carbocycles. The van der Waals surface area contributed by atoms with Crippen molar-refractivity contribution >= 4 is 17.9 Å². The number of nitrogens with zero attached hydrogens (tertiary/aromatic N) is 1. The van der Waals surface area contributed by atoms with Crippen molar-refractivity contribution in [1.82, 2.24) is 4.90 Å². The summed E-state index contributed by atoms with van der Waals surface area (Å²) in [6, 6.07) is 6.59. The quantitative estimate of drug-likeness (QED) is 0.353. The minimum absolute atomic E-state index is 0.307. The van der Waals surface area contributed by atoms with Crippen LogP contribution in [0.3, 0.4) is 0 Å². The summed E-state index contributed by atoms with van der Waals surface area (Å²) in [6.07, 6.45) is 9.89. The fourth-order valence-corrected chi connectivity index (χ4v) is 2.64. The summed E-state index contributed by atoms with van der Waals surface area (Å²) in [6.45, 7) is 8.06. The second-order valence-electron chi connectivity index (χ2n) is 6.24. The minimum Gasteiger partial charge on any atom is -0.496 e. The number of benzene rings is 1. The van der Waals surface area contributed by atoms with Gasteiger partial charge in [0.25, 0.3) is 5.91 Å². The highest BCUT2D eigenvalue weighted by atomic mass is 16.5. The highest BCUT2D eigenvalue weighted by Crippen LogP contribution is 2.14. The summed E-state index contributed by atoms with van der Waals surface area (Å²) in [7, 11) is 3.67. The van der Waals surface area contributed by atoms with E-state index < -0.39 is 0 Å². The Morgan fingerprint density at radius 2 is 1.81 bits per heavy atom. The van der Waals surface area contributed by atoms with E-state index in [0.717, 1.165) is 6.29 Å². The lowest BCUT2D eigenvalue weighted by Crippen LogP contribution is -2.24. The van der Waals surface area contributed by atoms with Gasteiger partial charge in [0.2, 0.25) is 0 Å². The van der Waals surface area contributed by atoms with Gasteiger partial charge in [-0.3, -0.25) is 9.59 Å². The van der Waals surface area contributed by atoms with Crippen LogP contribution in [0.5, 0.6) is 0 Å². The Labute approximate surface area is 162 Å². The highest BCUT2D eigenvalue weighted by molar-refractivity contribution is 6.06. The topological polar surface area (TPSA) is 58.6 Å². The molecule has 146 valence electrons. The maximum Gasteiger partial charge on any atom is 0.259 e. The van der Waals surface area contributed by atoms with Crippen molar-refractivity contribution in [1.29, 1.82) is 0 Å². The van der Waals surface area contributed by atoms with Gasteiger partial charge in [0.05, 0.1) is 12.7 Å². The van der Waals surface area contributed by atoms with Gasteiger partial charge in [0.1, 0.15) is 12.0 Å². The van der Waals surface area contributed by atoms with Gasteiger partial charge in [-0.25, -0.2) is 0 Å². The summed E-state index contributed by atoms with van der Waals surface area (Å²) in [5, 5.41) is 2.74. The maximum absolute atomic E-state index is 12.2. The molecule has 1 fully saturated rings. The first-order valence-corrected chi connectivity index (χ1v) is 9.14. The highest BCUT2D eigenvalue weighted by Gasteiger charge is 2.12. The number of piperidine rings is 1. The van der Waals surface area contributed by atoms with Crippen LogP contribution in [-0.2, 0) is 9.53 Å². The van der Waals surface area contributed by atoms with Gasteiger partial charge in [0, 0.05) is 11.3 Å². The Balaban J connectivity index is 0.000000433. The third-order valence-electron chi connectivity index (χ3n) is 4.13. The molecular formula is C22H30N2O3. The number of carbonyl (C=O) groups is 2. The molecular weight excluding hydrogens is 340 g/mol. The van der Waals surface area contributed by atoms with E-state index in [4.69, 9.17) is 4.74 Å². The van der Waals surface area contributed by atoms with Crippen molar-refractivity contribution in [3.63, 3.8) is 0 Å². The first-order chi connectivity index (χ1) is 13.0. The number of amides is 1. The van der Waals surface area contributed by atoms with Gasteiger partial charge in [-0.05, 0) is 76.3 Å². The Kier molecular flexibility index (Phi) is 10.5. The van der Waals surface area contributed by atoms with E-state index in [-0.39, 0.29) is 5.91 Å². The number of aldehydes is 1. The van der Waals surface area contributed by atoms with Crippen molar-refractivity contribution in [3.05, 3.63) is 66.0 Å². The van der Waals surface area contributed by atoms with Crippen LogP contribution in [0.15, 0.2) is 60.4 Å². The molecule has 0 spiro atoms. The fraction of sp³-hybridized carbons (Fsp3) is 0.364. The molecule has 1 heterocycles. The van der Waals surface area contributed by atoms with E-state index in [2.05, 4.69) is 23.8 Å². The van der Waals surface area contributed by atoms with E-state index in [1.807, 2.05) is 6.92 Å². The minimum atomic E-state index is -0.307. The lowest BCUT2D eigenvalue weighted by molar-refractivity contribution is -0.112. The molecule has 0 atom stereocenters. The van der Waals surface area contributed by atoms with Gasteiger partial charge in [0.15, 0.2) is 0 Å². The third kappa shape index (κ3) is 8.05. The molecule has 5 heteroatoms. The average molecular weight is 370 g/mol. The van der Waals surface area contributed by atoms with E-state index in [1.165, 1.54) is 45.5 Å². The van der Waals surface area contributed by atoms with Crippen LogP contribution < -0.4 is 5.32 Å². The number of anilines is 1. The summed E-state index contributed by atoms with van der Waals surface area (Å²) in [5.74, 6) is 0.0869. The van der Waals surface area contributed by atoms with Gasteiger partial charge < -0.3 is 15.0 Å². The number of ether oxygens (including phenoxy) is 1. The summed E-state index contributed by atoms with van der Waals surface area (Å²) in [5.41, 5.74) is 1.53. The first kappa shape index (κ1) is 22.4. The van der Waals surface area contributed by atoms with Gasteiger partial charge in [-0.1, -0.05) is 19.1 Å². The number of rotatable bonds is 6. The Bertz CT molecular complexity index is 669. The summed E-state index contributed by atoms with van der Waals surface area (Å²) < 4.78 is 5.11. The smallest absolute Gasteiger partial charge is 0.259 e. The second kappa shape index (κ2) is 12.7. The second-order valence-corrected chi connectivity index (χ2v) is 6.24.